The SMILES string of the molecule is CCCN(CCCSC)C1CCc2c(cccc2OC)C1. The molecular formula is C18H29NOS. The van der Waals surface area contributed by atoms with Gasteiger partial charge >= 0.3 is 0 Å². The van der Waals surface area contributed by atoms with E-state index in [0.717, 1.165) is 12.2 Å². The van der Waals surface area contributed by atoms with Crippen molar-refractivity contribution in [2.75, 3.05) is 32.2 Å². The van der Waals surface area contributed by atoms with Crippen LogP contribution in [0.2, 0.25) is 0 Å². The van der Waals surface area contributed by atoms with Crippen molar-refractivity contribution in [2.24, 2.45) is 0 Å². The van der Waals surface area contributed by atoms with Crippen LogP contribution in [0.15, 0.2) is 18.2 Å². The predicted octanol–water partition coefficient (Wildman–Crippen LogP) is 4.02. The molecule has 1 unspecified atom stereocenters. The maximum atomic E-state index is 5.52. The molecule has 0 aromatic heterocycles. The Balaban J connectivity index is 2.03. The molecule has 1 aliphatic rings. The summed E-state index contributed by atoms with van der Waals surface area (Å²) in [5.74, 6) is 2.35. The summed E-state index contributed by atoms with van der Waals surface area (Å²) in [7, 11) is 1.79. The molecule has 118 valence electrons. The average Bonchev–Trinajstić information content (AvgIpc) is 2.53. The fraction of sp³-hybridized carbons (Fsp3) is 0.667. The predicted molar refractivity (Wildman–Crippen MR) is 93.7 cm³/mol. The molecule has 1 aromatic rings. The lowest BCUT2D eigenvalue weighted by Gasteiger charge is -2.35. The van der Waals surface area contributed by atoms with E-state index in [4.69, 9.17) is 4.74 Å². The fourth-order valence-corrected chi connectivity index (χ4v) is 3.85. The molecule has 1 aliphatic carbocycles. The molecule has 2 nitrogen and oxygen atoms in total. The van der Waals surface area contributed by atoms with Crippen LogP contribution < -0.4 is 4.74 Å². The van der Waals surface area contributed by atoms with E-state index in [0.29, 0.717) is 6.04 Å². The van der Waals surface area contributed by atoms with Gasteiger partial charge in [-0.2, -0.15) is 11.8 Å². The number of hydrogen-bond donors (Lipinski definition) is 0. The van der Waals surface area contributed by atoms with Gasteiger partial charge in [0.2, 0.25) is 0 Å². The molecule has 0 saturated carbocycles. The van der Waals surface area contributed by atoms with Gasteiger partial charge in [-0.3, -0.25) is 0 Å². The Morgan fingerprint density at radius 1 is 1.33 bits per heavy atom. The van der Waals surface area contributed by atoms with E-state index in [-0.39, 0.29) is 0 Å². The van der Waals surface area contributed by atoms with E-state index >= 15 is 0 Å². The number of methoxy groups -OCH3 is 1. The molecule has 1 atom stereocenters. The Morgan fingerprint density at radius 3 is 2.90 bits per heavy atom. The first-order chi connectivity index (χ1) is 10.3. The number of thioether (sulfide) groups is 1. The summed E-state index contributed by atoms with van der Waals surface area (Å²) >= 11 is 1.96. The number of fused-ring (bicyclic) bond motifs is 1. The zero-order chi connectivity index (χ0) is 15.1. The van der Waals surface area contributed by atoms with Crippen LogP contribution in [0.4, 0.5) is 0 Å². The van der Waals surface area contributed by atoms with Crippen LogP contribution in [0, 0.1) is 0 Å². The topological polar surface area (TPSA) is 12.5 Å². The van der Waals surface area contributed by atoms with Gasteiger partial charge in [0.25, 0.3) is 0 Å². The van der Waals surface area contributed by atoms with E-state index in [1.54, 1.807) is 7.11 Å². The number of rotatable bonds is 8. The van der Waals surface area contributed by atoms with Crippen molar-refractivity contribution in [2.45, 2.75) is 45.1 Å². The van der Waals surface area contributed by atoms with Crippen LogP contribution in [-0.4, -0.2) is 43.1 Å². The molecule has 0 radical (unpaired) electrons. The average molecular weight is 308 g/mol. The van der Waals surface area contributed by atoms with Crippen molar-refractivity contribution in [1.82, 2.24) is 4.90 Å². The van der Waals surface area contributed by atoms with E-state index in [9.17, 15) is 0 Å². The van der Waals surface area contributed by atoms with Crippen LogP contribution in [0.3, 0.4) is 0 Å². The molecule has 1 aromatic carbocycles. The fourth-order valence-electron chi connectivity index (χ4n) is 3.43. The Labute approximate surface area is 134 Å². The van der Waals surface area contributed by atoms with Crippen LogP contribution in [-0.2, 0) is 12.8 Å². The molecule has 0 N–H and O–H groups in total. The molecular weight excluding hydrogens is 278 g/mol. The zero-order valence-electron chi connectivity index (χ0n) is 13.7. The first-order valence-electron chi connectivity index (χ1n) is 8.17. The maximum absolute atomic E-state index is 5.52. The first-order valence-corrected chi connectivity index (χ1v) is 9.57. The molecule has 0 amide bonds. The highest BCUT2D eigenvalue weighted by Crippen LogP contribution is 2.31. The highest BCUT2D eigenvalue weighted by atomic mass is 32.2. The third-order valence-electron chi connectivity index (χ3n) is 4.45. The summed E-state index contributed by atoms with van der Waals surface area (Å²) in [6.45, 7) is 4.78. The summed E-state index contributed by atoms with van der Waals surface area (Å²) in [6.07, 6.45) is 8.38. The summed E-state index contributed by atoms with van der Waals surface area (Å²) in [5, 5.41) is 0. The highest BCUT2D eigenvalue weighted by Gasteiger charge is 2.25. The summed E-state index contributed by atoms with van der Waals surface area (Å²) < 4.78 is 5.52. The second-order valence-corrected chi connectivity index (χ2v) is 6.86. The molecule has 0 fully saturated rings. The van der Waals surface area contributed by atoms with Crippen molar-refractivity contribution < 1.29 is 4.74 Å². The quantitative estimate of drug-likeness (QED) is 0.673. The summed E-state index contributed by atoms with van der Waals surface area (Å²) in [5.41, 5.74) is 2.94. The van der Waals surface area contributed by atoms with Gasteiger partial charge in [0.05, 0.1) is 7.11 Å². The van der Waals surface area contributed by atoms with E-state index < -0.39 is 0 Å². The molecule has 0 bridgehead atoms. The van der Waals surface area contributed by atoms with Crippen molar-refractivity contribution in [1.29, 1.82) is 0 Å². The van der Waals surface area contributed by atoms with Gasteiger partial charge in [0.15, 0.2) is 0 Å². The van der Waals surface area contributed by atoms with Gasteiger partial charge in [0.1, 0.15) is 5.75 Å². The van der Waals surface area contributed by atoms with Gasteiger partial charge in [-0.15, -0.1) is 0 Å². The zero-order valence-corrected chi connectivity index (χ0v) is 14.5. The van der Waals surface area contributed by atoms with Gasteiger partial charge in [-0.1, -0.05) is 19.1 Å². The van der Waals surface area contributed by atoms with E-state index in [2.05, 4.69) is 36.3 Å². The number of ether oxygens (including phenoxy) is 1. The lowest BCUT2D eigenvalue weighted by atomic mass is 9.86. The molecule has 0 saturated heterocycles. The second kappa shape index (κ2) is 8.70. The number of hydrogen-bond acceptors (Lipinski definition) is 3. The largest absolute Gasteiger partial charge is 0.496 e. The van der Waals surface area contributed by atoms with Gasteiger partial charge in [0, 0.05) is 6.04 Å². The minimum absolute atomic E-state index is 0.714. The number of nitrogens with zero attached hydrogens (tertiary/aromatic N) is 1. The molecule has 0 aliphatic heterocycles. The third kappa shape index (κ3) is 4.40. The summed E-state index contributed by atoms with van der Waals surface area (Å²) in [4.78, 5) is 2.72. The lowest BCUT2D eigenvalue weighted by Crippen LogP contribution is -2.40. The van der Waals surface area contributed by atoms with Crippen molar-refractivity contribution in [3.8, 4) is 5.75 Å². The standard InChI is InChI=1S/C18H29NOS/c1-4-11-19(12-6-13-21-3)16-9-10-17-15(14-16)7-5-8-18(17)20-2/h5,7-8,16H,4,6,9-14H2,1-3H3. The first kappa shape index (κ1) is 16.7. The minimum Gasteiger partial charge on any atom is -0.496 e. The van der Waals surface area contributed by atoms with Crippen molar-refractivity contribution in [3.63, 3.8) is 0 Å². The lowest BCUT2D eigenvalue weighted by molar-refractivity contribution is 0.180. The Bertz CT molecular complexity index is 435. The molecule has 0 heterocycles. The van der Waals surface area contributed by atoms with Crippen LogP contribution in [0.1, 0.15) is 37.3 Å². The third-order valence-corrected chi connectivity index (χ3v) is 5.15. The Morgan fingerprint density at radius 2 is 2.19 bits per heavy atom. The van der Waals surface area contributed by atoms with Crippen molar-refractivity contribution >= 4 is 11.8 Å². The van der Waals surface area contributed by atoms with Crippen molar-refractivity contribution in [3.05, 3.63) is 29.3 Å². The molecule has 2 rings (SSSR count). The van der Waals surface area contributed by atoms with Gasteiger partial charge in [-0.05, 0) is 74.4 Å². The highest BCUT2D eigenvalue weighted by molar-refractivity contribution is 7.98. The van der Waals surface area contributed by atoms with E-state index in [1.165, 1.54) is 55.7 Å². The van der Waals surface area contributed by atoms with Gasteiger partial charge in [-0.25, -0.2) is 0 Å². The Hall–Kier alpha value is -0.670. The normalized spacial score (nSPS) is 17.8. The van der Waals surface area contributed by atoms with Crippen LogP contribution in [0.5, 0.6) is 5.75 Å². The number of benzene rings is 1. The second-order valence-electron chi connectivity index (χ2n) is 5.88. The van der Waals surface area contributed by atoms with E-state index in [1.807, 2.05) is 11.8 Å². The maximum Gasteiger partial charge on any atom is 0.122 e. The molecule has 21 heavy (non-hydrogen) atoms. The van der Waals surface area contributed by atoms with Gasteiger partial charge < -0.3 is 9.64 Å². The monoisotopic (exact) mass is 307 g/mol. The van der Waals surface area contributed by atoms with Crippen LogP contribution in [0.25, 0.3) is 0 Å². The smallest absolute Gasteiger partial charge is 0.122 e. The minimum atomic E-state index is 0.714. The molecule has 0 spiro atoms. The van der Waals surface area contributed by atoms with Crippen LogP contribution >= 0.6 is 11.8 Å². The Kier molecular flexibility index (Phi) is 6.91. The summed E-state index contributed by atoms with van der Waals surface area (Å²) in [6, 6.07) is 7.24. The molecule has 3 heteroatoms.